The maximum absolute atomic E-state index is 13.4. The highest BCUT2D eigenvalue weighted by atomic mass is 32.2. The molecule has 0 spiro atoms. The summed E-state index contributed by atoms with van der Waals surface area (Å²) in [7, 11) is -7.12. The highest BCUT2D eigenvalue weighted by Crippen LogP contribution is 2.47. The SMILES string of the molecule is CS(=O)(=O)c1ccc(C2Nc3cnc4c(ccn4S(=O)(=O)c4ccccc4)c3N2C2CCNC2)cc1. The molecule has 6 rings (SSSR count). The molecule has 1 fully saturated rings. The van der Waals surface area contributed by atoms with E-state index in [2.05, 4.69) is 20.5 Å². The number of sulfone groups is 1. The quantitative estimate of drug-likeness (QED) is 0.411. The molecule has 2 atom stereocenters. The van der Waals surface area contributed by atoms with Crippen LogP contribution in [0.4, 0.5) is 11.4 Å². The first-order valence-corrected chi connectivity index (χ1v) is 14.9. The molecule has 2 aromatic heterocycles. The summed E-state index contributed by atoms with van der Waals surface area (Å²) in [4.78, 5) is 7.28. The van der Waals surface area contributed by atoms with E-state index in [1.807, 2.05) is 12.1 Å². The van der Waals surface area contributed by atoms with E-state index in [1.165, 1.54) is 10.2 Å². The molecule has 4 heterocycles. The summed E-state index contributed by atoms with van der Waals surface area (Å²) in [6.45, 7) is 1.67. The smallest absolute Gasteiger partial charge is 0.269 e. The van der Waals surface area contributed by atoms with Crippen LogP contribution >= 0.6 is 0 Å². The summed E-state index contributed by atoms with van der Waals surface area (Å²) < 4.78 is 51.9. The number of anilines is 2. The molecule has 2 aliphatic heterocycles. The van der Waals surface area contributed by atoms with Gasteiger partial charge in [-0.3, -0.25) is 0 Å². The fourth-order valence-electron chi connectivity index (χ4n) is 5.09. The van der Waals surface area contributed by atoms with E-state index in [9.17, 15) is 16.8 Å². The molecule has 0 aliphatic carbocycles. The Morgan fingerprint density at radius 1 is 0.944 bits per heavy atom. The Hall–Kier alpha value is -3.41. The summed E-state index contributed by atoms with van der Waals surface area (Å²) >= 11 is 0. The number of nitrogens with one attached hydrogen (secondary N) is 2. The van der Waals surface area contributed by atoms with Gasteiger partial charge < -0.3 is 15.5 Å². The molecule has 0 bridgehead atoms. The number of nitrogens with zero attached hydrogens (tertiary/aromatic N) is 3. The Bertz CT molecular complexity index is 1660. The fourth-order valence-corrected chi connectivity index (χ4v) is 7.04. The van der Waals surface area contributed by atoms with Crippen molar-refractivity contribution in [2.75, 3.05) is 29.6 Å². The molecule has 2 N–H and O–H groups in total. The van der Waals surface area contributed by atoms with Crippen molar-refractivity contribution in [3.05, 3.63) is 78.6 Å². The van der Waals surface area contributed by atoms with Crippen LogP contribution in [0.5, 0.6) is 0 Å². The Morgan fingerprint density at radius 3 is 2.36 bits per heavy atom. The number of pyridine rings is 1. The Labute approximate surface area is 209 Å². The van der Waals surface area contributed by atoms with Gasteiger partial charge in [0.2, 0.25) is 0 Å². The van der Waals surface area contributed by atoms with Crippen molar-refractivity contribution in [2.45, 2.75) is 28.4 Å². The van der Waals surface area contributed by atoms with Gasteiger partial charge in [-0.1, -0.05) is 30.3 Å². The third-order valence-corrected chi connectivity index (χ3v) is 9.64. The molecule has 2 aliphatic rings. The molecule has 186 valence electrons. The van der Waals surface area contributed by atoms with Crippen LogP contribution in [0.15, 0.2) is 82.8 Å². The third kappa shape index (κ3) is 3.66. The van der Waals surface area contributed by atoms with Crippen molar-refractivity contribution in [1.82, 2.24) is 14.3 Å². The second kappa shape index (κ2) is 8.32. The average molecular weight is 524 g/mol. The van der Waals surface area contributed by atoms with Crippen LogP contribution in [0.3, 0.4) is 0 Å². The molecule has 9 nitrogen and oxygen atoms in total. The van der Waals surface area contributed by atoms with E-state index < -0.39 is 19.9 Å². The number of aromatic nitrogens is 2. The minimum atomic E-state index is -3.81. The van der Waals surface area contributed by atoms with Gasteiger partial charge in [-0.15, -0.1) is 0 Å². The first-order chi connectivity index (χ1) is 17.2. The maximum atomic E-state index is 13.4. The average Bonchev–Trinajstić information content (AvgIpc) is 3.61. The zero-order valence-electron chi connectivity index (χ0n) is 19.5. The second-order valence-electron chi connectivity index (χ2n) is 9.13. The van der Waals surface area contributed by atoms with E-state index in [0.717, 1.165) is 41.8 Å². The summed E-state index contributed by atoms with van der Waals surface area (Å²) in [5, 5.41) is 7.69. The molecule has 2 aromatic carbocycles. The molecular weight excluding hydrogens is 498 g/mol. The van der Waals surface area contributed by atoms with Crippen molar-refractivity contribution in [3.8, 4) is 0 Å². The molecule has 2 unspecified atom stereocenters. The zero-order valence-corrected chi connectivity index (χ0v) is 21.1. The van der Waals surface area contributed by atoms with Gasteiger partial charge in [-0.25, -0.2) is 25.8 Å². The zero-order chi connectivity index (χ0) is 25.1. The van der Waals surface area contributed by atoms with Gasteiger partial charge in [-0.2, -0.15) is 0 Å². The fraction of sp³-hybridized carbons (Fsp3) is 0.240. The van der Waals surface area contributed by atoms with Gasteiger partial charge >= 0.3 is 0 Å². The van der Waals surface area contributed by atoms with Crippen LogP contribution in [-0.2, 0) is 19.9 Å². The lowest BCUT2D eigenvalue weighted by Gasteiger charge is -2.33. The Morgan fingerprint density at radius 2 is 1.69 bits per heavy atom. The van der Waals surface area contributed by atoms with Crippen molar-refractivity contribution in [2.24, 2.45) is 0 Å². The highest BCUT2D eigenvalue weighted by molar-refractivity contribution is 7.90. The molecule has 36 heavy (non-hydrogen) atoms. The van der Waals surface area contributed by atoms with Crippen LogP contribution in [0.25, 0.3) is 11.0 Å². The normalized spacial score (nSPS) is 20.0. The molecule has 0 amide bonds. The van der Waals surface area contributed by atoms with E-state index in [1.54, 1.807) is 60.9 Å². The Kier molecular flexibility index (Phi) is 5.32. The number of hydrogen-bond acceptors (Lipinski definition) is 8. The van der Waals surface area contributed by atoms with E-state index >= 15 is 0 Å². The summed E-state index contributed by atoms with van der Waals surface area (Å²) in [5.41, 5.74) is 2.98. The first-order valence-electron chi connectivity index (χ1n) is 11.6. The molecule has 11 heteroatoms. The maximum Gasteiger partial charge on any atom is 0.269 e. The van der Waals surface area contributed by atoms with Crippen LogP contribution in [0.1, 0.15) is 18.2 Å². The lowest BCUT2D eigenvalue weighted by Crippen LogP contribution is -2.39. The van der Waals surface area contributed by atoms with E-state index in [-0.39, 0.29) is 22.0 Å². The van der Waals surface area contributed by atoms with Gasteiger partial charge in [0.25, 0.3) is 10.0 Å². The minimum absolute atomic E-state index is 0.165. The van der Waals surface area contributed by atoms with Crippen molar-refractivity contribution in [3.63, 3.8) is 0 Å². The molecule has 0 saturated carbocycles. The standard InChI is InChI=1S/C25H25N5O4S2/c1-35(31,32)19-9-7-17(8-10-19)24-28-22-16-27-25-21(23(22)30(24)18-11-13-26-15-18)12-14-29(25)36(33,34)20-5-3-2-4-6-20/h2-10,12,14,16,18,24,26,28H,11,13,15H2,1H3. The van der Waals surface area contributed by atoms with Gasteiger partial charge in [0.05, 0.1) is 27.4 Å². The number of benzene rings is 2. The summed E-state index contributed by atoms with van der Waals surface area (Å²) in [5.74, 6) is 0. The van der Waals surface area contributed by atoms with Gasteiger partial charge in [0.1, 0.15) is 6.17 Å². The van der Waals surface area contributed by atoms with Crippen molar-refractivity contribution >= 4 is 42.3 Å². The predicted molar refractivity (Wildman–Crippen MR) is 138 cm³/mol. The van der Waals surface area contributed by atoms with Gasteiger partial charge in [0, 0.05) is 30.4 Å². The predicted octanol–water partition coefficient (Wildman–Crippen LogP) is 2.97. The Balaban J connectivity index is 1.48. The minimum Gasteiger partial charge on any atom is -0.358 e. The monoisotopic (exact) mass is 523 g/mol. The van der Waals surface area contributed by atoms with Crippen LogP contribution in [0, 0.1) is 0 Å². The topological polar surface area (TPSA) is 113 Å². The lowest BCUT2D eigenvalue weighted by atomic mass is 10.1. The van der Waals surface area contributed by atoms with Crippen molar-refractivity contribution < 1.29 is 16.8 Å². The molecule has 4 aromatic rings. The van der Waals surface area contributed by atoms with Gasteiger partial charge in [-0.05, 0) is 48.9 Å². The highest BCUT2D eigenvalue weighted by Gasteiger charge is 2.38. The molecule has 0 radical (unpaired) electrons. The third-order valence-electron chi connectivity index (χ3n) is 6.83. The summed E-state index contributed by atoms with van der Waals surface area (Å²) in [6, 6.07) is 17.2. The number of hydrogen-bond donors (Lipinski definition) is 2. The van der Waals surface area contributed by atoms with E-state index in [0.29, 0.717) is 5.65 Å². The number of rotatable bonds is 5. The van der Waals surface area contributed by atoms with Gasteiger partial charge in [0.15, 0.2) is 15.5 Å². The van der Waals surface area contributed by atoms with Crippen LogP contribution in [0.2, 0.25) is 0 Å². The second-order valence-corrected chi connectivity index (χ2v) is 13.0. The summed E-state index contributed by atoms with van der Waals surface area (Å²) in [6.07, 6.45) is 5.10. The first kappa shape index (κ1) is 23.0. The van der Waals surface area contributed by atoms with E-state index in [4.69, 9.17) is 0 Å². The van der Waals surface area contributed by atoms with Crippen molar-refractivity contribution in [1.29, 1.82) is 0 Å². The number of fused-ring (bicyclic) bond motifs is 3. The molecule has 1 saturated heterocycles. The molecular formula is C25H25N5O4S2. The van der Waals surface area contributed by atoms with Crippen LogP contribution < -0.4 is 15.5 Å². The lowest BCUT2D eigenvalue weighted by molar-refractivity contribution is 0.588. The van der Waals surface area contributed by atoms with Crippen LogP contribution in [-0.4, -0.2) is 51.2 Å². The largest absolute Gasteiger partial charge is 0.358 e.